The first-order chi connectivity index (χ1) is 15.5. The maximum atomic E-state index is 13.7. The summed E-state index contributed by atoms with van der Waals surface area (Å²) in [4.78, 5) is 22.1. The first-order valence-electron chi connectivity index (χ1n) is 11.7. The standard InChI is InChI=1S/C26H35N3O3/c1-28(2)19-22-10-4-5-14-26(22,21-11-6-12-23(17-21)31-3)32-25(30)29-16-8-13-24(29)20-9-7-15-27-18-20/h6-7,9,11-12,15,17-18,22,24H,4-5,8,10,13-14,16,19H2,1-3H3/t22-,24+,26+/m1/s1. The molecular formula is C26H35N3O3. The zero-order valence-corrected chi connectivity index (χ0v) is 19.5. The fourth-order valence-corrected chi connectivity index (χ4v) is 5.47. The largest absolute Gasteiger partial charge is 0.497 e. The van der Waals surface area contributed by atoms with Gasteiger partial charge in [-0.25, -0.2) is 4.79 Å². The molecule has 172 valence electrons. The summed E-state index contributed by atoms with van der Waals surface area (Å²) >= 11 is 0. The molecule has 1 aromatic carbocycles. The van der Waals surface area contributed by atoms with Crippen molar-refractivity contribution in [3.8, 4) is 5.75 Å². The predicted octanol–water partition coefficient (Wildman–Crippen LogP) is 5.01. The number of nitrogens with zero attached hydrogens (tertiary/aromatic N) is 3. The van der Waals surface area contributed by atoms with E-state index in [0.717, 1.165) is 61.9 Å². The van der Waals surface area contributed by atoms with Crippen molar-refractivity contribution >= 4 is 6.09 Å². The Morgan fingerprint density at radius 1 is 1.19 bits per heavy atom. The van der Waals surface area contributed by atoms with Crippen LogP contribution in [0.2, 0.25) is 0 Å². The summed E-state index contributed by atoms with van der Waals surface area (Å²) in [6.07, 6.45) is 9.39. The number of carbonyl (C=O) groups is 1. The van der Waals surface area contributed by atoms with Crippen molar-refractivity contribution in [2.45, 2.75) is 50.2 Å². The highest BCUT2D eigenvalue weighted by Crippen LogP contribution is 2.47. The molecule has 6 heteroatoms. The SMILES string of the molecule is COc1cccc([C@@]2(OC(=O)N3CCC[C@H]3c3cccnc3)CCCC[C@@H]2CN(C)C)c1. The Labute approximate surface area is 191 Å². The van der Waals surface area contributed by atoms with Crippen LogP contribution in [-0.4, -0.2) is 55.2 Å². The second kappa shape index (κ2) is 9.90. The van der Waals surface area contributed by atoms with E-state index >= 15 is 0 Å². The van der Waals surface area contributed by atoms with Gasteiger partial charge in [0.2, 0.25) is 0 Å². The fraction of sp³-hybridized carbons (Fsp3) is 0.538. The van der Waals surface area contributed by atoms with E-state index in [9.17, 15) is 4.79 Å². The highest BCUT2D eigenvalue weighted by Gasteiger charge is 2.47. The number of carbonyl (C=O) groups excluding carboxylic acids is 1. The van der Waals surface area contributed by atoms with Gasteiger partial charge in [0.25, 0.3) is 0 Å². The minimum atomic E-state index is -0.657. The molecular weight excluding hydrogens is 402 g/mol. The smallest absolute Gasteiger partial charge is 0.411 e. The number of hydrogen-bond acceptors (Lipinski definition) is 5. The summed E-state index contributed by atoms with van der Waals surface area (Å²) in [5, 5.41) is 0. The lowest BCUT2D eigenvalue weighted by atomic mass is 9.71. The first-order valence-corrected chi connectivity index (χ1v) is 11.7. The molecule has 0 bridgehead atoms. The molecule has 32 heavy (non-hydrogen) atoms. The lowest BCUT2D eigenvalue weighted by Gasteiger charge is -2.45. The normalized spacial score (nSPS) is 25.7. The zero-order chi connectivity index (χ0) is 22.6. The van der Waals surface area contributed by atoms with Crippen LogP contribution in [0.5, 0.6) is 5.75 Å². The van der Waals surface area contributed by atoms with Gasteiger partial charge in [0.15, 0.2) is 0 Å². The van der Waals surface area contributed by atoms with Gasteiger partial charge in [0, 0.05) is 31.4 Å². The number of aromatic nitrogens is 1. The topological polar surface area (TPSA) is 54.9 Å². The van der Waals surface area contributed by atoms with Gasteiger partial charge in [0.05, 0.1) is 13.2 Å². The van der Waals surface area contributed by atoms with Gasteiger partial charge in [-0.1, -0.05) is 24.6 Å². The second-order valence-electron chi connectivity index (χ2n) is 9.33. The van der Waals surface area contributed by atoms with Crippen LogP contribution in [0.1, 0.15) is 55.7 Å². The van der Waals surface area contributed by atoms with Gasteiger partial charge in [-0.05, 0) is 75.5 Å². The van der Waals surface area contributed by atoms with Crippen LogP contribution in [0, 0.1) is 5.92 Å². The average Bonchev–Trinajstić information content (AvgIpc) is 3.31. The van der Waals surface area contributed by atoms with E-state index < -0.39 is 5.60 Å². The van der Waals surface area contributed by atoms with E-state index in [1.807, 2.05) is 35.4 Å². The molecule has 6 nitrogen and oxygen atoms in total. The van der Waals surface area contributed by atoms with Crippen molar-refractivity contribution in [1.82, 2.24) is 14.8 Å². The molecule has 2 aliphatic rings. The van der Waals surface area contributed by atoms with E-state index in [1.165, 1.54) is 0 Å². The molecule has 0 unspecified atom stereocenters. The number of rotatable bonds is 6. The summed E-state index contributed by atoms with van der Waals surface area (Å²) < 4.78 is 12.1. The second-order valence-corrected chi connectivity index (χ2v) is 9.33. The van der Waals surface area contributed by atoms with Crippen molar-refractivity contribution in [2.75, 3.05) is 34.3 Å². The molecule has 1 saturated carbocycles. The van der Waals surface area contributed by atoms with Crippen molar-refractivity contribution in [3.63, 3.8) is 0 Å². The lowest BCUT2D eigenvalue weighted by Crippen LogP contribution is -2.48. The van der Waals surface area contributed by atoms with Gasteiger partial charge in [-0.2, -0.15) is 0 Å². The predicted molar refractivity (Wildman–Crippen MR) is 125 cm³/mol. The van der Waals surface area contributed by atoms with Gasteiger partial charge in [-0.3, -0.25) is 4.98 Å². The van der Waals surface area contributed by atoms with Gasteiger partial charge < -0.3 is 19.3 Å². The minimum absolute atomic E-state index is 0.0226. The van der Waals surface area contributed by atoms with Crippen LogP contribution in [0.25, 0.3) is 0 Å². The molecule has 1 amide bonds. The Morgan fingerprint density at radius 2 is 2.06 bits per heavy atom. The fourth-order valence-electron chi connectivity index (χ4n) is 5.47. The molecule has 1 aliphatic heterocycles. The molecule has 0 radical (unpaired) electrons. The zero-order valence-electron chi connectivity index (χ0n) is 19.5. The Hall–Kier alpha value is -2.60. The Balaban J connectivity index is 1.67. The number of benzene rings is 1. The van der Waals surface area contributed by atoms with E-state index in [1.54, 1.807) is 13.3 Å². The van der Waals surface area contributed by atoms with E-state index in [4.69, 9.17) is 9.47 Å². The highest BCUT2D eigenvalue weighted by molar-refractivity contribution is 5.70. The summed E-state index contributed by atoms with van der Waals surface area (Å²) in [7, 11) is 5.86. The number of amides is 1. The third-order valence-electron chi connectivity index (χ3n) is 6.98. The number of hydrogen-bond donors (Lipinski definition) is 0. The van der Waals surface area contributed by atoms with Gasteiger partial charge in [0.1, 0.15) is 11.4 Å². The molecule has 0 spiro atoms. The van der Waals surface area contributed by atoms with Crippen molar-refractivity contribution in [3.05, 3.63) is 59.9 Å². The third-order valence-corrected chi connectivity index (χ3v) is 6.98. The van der Waals surface area contributed by atoms with E-state index in [-0.39, 0.29) is 18.1 Å². The first kappa shape index (κ1) is 22.6. The Bertz CT molecular complexity index is 904. The molecule has 2 heterocycles. The van der Waals surface area contributed by atoms with Crippen LogP contribution in [0.3, 0.4) is 0 Å². The molecule has 1 aromatic heterocycles. The molecule has 1 aliphatic carbocycles. The Morgan fingerprint density at radius 3 is 2.81 bits per heavy atom. The maximum Gasteiger partial charge on any atom is 0.411 e. The van der Waals surface area contributed by atoms with Crippen molar-refractivity contribution in [2.24, 2.45) is 5.92 Å². The molecule has 0 N–H and O–H groups in total. The van der Waals surface area contributed by atoms with Crippen molar-refractivity contribution < 1.29 is 14.3 Å². The van der Waals surface area contributed by atoms with Gasteiger partial charge >= 0.3 is 6.09 Å². The number of ether oxygens (including phenoxy) is 2. The maximum absolute atomic E-state index is 13.7. The third kappa shape index (κ3) is 4.60. The molecule has 4 rings (SSSR count). The number of pyridine rings is 1. The number of likely N-dealkylation sites (tertiary alicyclic amines) is 1. The van der Waals surface area contributed by atoms with Crippen molar-refractivity contribution in [1.29, 1.82) is 0 Å². The summed E-state index contributed by atoms with van der Waals surface area (Å²) in [5.41, 5.74) is 1.45. The average molecular weight is 438 g/mol. The van der Waals surface area contributed by atoms with Crippen LogP contribution in [0.4, 0.5) is 4.79 Å². The highest BCUT2D eigenvalue weighted by atomic mass is 16.6. The monoisotopic (exact) mass is 437 g/mol. The lowest BCUT2D eigenvalue weighted by molar-refractivity contribution is -0.0845. The number of methoxy groups -OCH3 is 1. The van der Waals surface area contributed by atoms with Crippen LogP contribution >= 0.6 is 0 Å². The Kier molecular flexibility index (Phi) is 6.99. The van der Waals surface area contributed by atoms with Crippen LogP contribution < -0.4 is 4.74 Å². The summed E-state index contributed by atoms with van der Waals surface area (Å²) in [6.45, 7) is 1.58. The minimum Gasteiger partial charge on any atom is -0.497 e. The van der Waals surface area contributed by atoms with E-state index in [0.29, 0.717) is 6.54 Å². The van der Waals surface area contributed by atoms with Crippen LogP contribution in [-0.2, 0) is 10.3 Å². The molecule has 2 fully saturated rings. The molecule has 2 aromatic rings. The molecule has 1 saturated heterocycles. The summed E-state index contributed by atoms with van der Waals surface area (Å²) in [5.74, 6) is 1.02. The molecule has 3 atom stereocenters. The summed E-state index contributed by atoms with van der Waals surface area (Å²) in [6, 6.07) is 12.1. The quantitative estimate of drug-likeness (QED) is 0.636. The van der Waals surface area contributed by atoms with Crippen LogP contribution in [0.15, 0.2) is 48.8 Å². The van der Waals surface area contributed by atoms with E-state index in [2.05, 4.69) is 36.1 Å². The van der Waals surface area contributed by atoms with Gasteiger partial charge in [-0.15, -0.1) is 0 Å².